The molecule has 0 saturated carbocycles. The largest absolute Gasteiger partial charge is 0.493 e. The molecule has 0 fully saturated rings. The van der Waals surface area contributed by atoms with Crippen LogP contribution in [0.25, 0.3) is 0 Å². The Morgan fingerprint density at radius 2 is 1.61 bits per heavy atom. The van der Waals surface area contributed by atoms with Crippen LogP contribution in [0.5, 0.6) is 11.5 Å². The lowest BCUT2D eigenvalue weighted by Gasteiger charge is -2.13. The fourth-order valence-electron chi connectivity index (χ4n) is 2.10. The molecule has 2 N–H and O–H groups in total. The van der Waals surface area contributed by atoms with E-state index in [-0.39, 0.29) is 5.91 Å². The molecule has 0 bridgehead atoms. The van der Waals surface area contributed by atoms with E-state index in [1.807, 2.05) is 30.3 Å². The Bertz CT molecular complexity index is 687. The second-order valence-corrected chi connectivity index (χ2v) is 5.32. The molecule has 0 spiro atoms. The van der Waals surface area contributed by atoms with E-state index < -0.39 is 0 Å². The van der Waals surface area contributed by atoms with E-state index in [2.05, 4.69) is 10.6 Å². The minimum absolute atomic E-state index is 0.0946. The number of methoxy groups -OCH3 is 2. The van der Waals surface area contributed by atoms with Gasteiger partial charge in [0.1, 0.15) is 0 Å². The second-order valence-electron chi connectivity index (χ2n) is 4.91. The first-order valence-electron chi connectivity index (χ1n) is 7.05. The van der Waals surface area contributed by atoms with Crippen molar-refractivity contribution >= 4 is 28.9 Å². The van der Waals surface area contributed by atoms with Gasteiger partial charge in [0.05, 0.1) is 14.2 Å². The SMILES string of the molecule is COc1cc(Cl)c(CNc2ccc(NC(C)=O)cc2)cc1OC. The summed E-state index contributed by atoms with van der Waals surface area (Å²) in [5.41, 5.74) is 2.58. The highest BCUT2D eigenvalue weighted by atomic mass is 35.5. The van der Waals surface area contributed by atoms with Crippen LogP contribution in [0, 0.1) is 0 Å². The van der Waals surface area contributed by atoms with E-state index in [0.717, 1.165) is 16.9 Å². The smallest absolute Gasteiger partial charge is 0.221 e. The van der Waals surface area contributed by atoms with Crippen LogP contribution >= 0.6 is 11.6 Å². The van der Waals surface area contributed by atoms with Gasteiger partial charge in [0.2, 0.25) is 5.91 Å². The standard InChI is InChI=1S/C17H19ClN2O3/c1-11(21)20-14-6-4-13(5-7-14)19-10-12-8-16(22-2)17(23-3)9-15(12)18/h4-9,19H,10H2,1-3H3,(H,20,21). The van der Waals surface area contributed by atoms with Gasteiger partial charge in [-0.15, -0.1) is 0 Å². The first-order valence-corrected chi connectivity index (χ1v) is 7.43. The maximum atomic E-state index is 11.0. The van der Waals surface area contributed by atoms with Gasteiger partial charge in [0.25, 0.3) is 0 Å². The molecule has 0 aliphatic heterocycles. The van der Waals surface area contributed by atoms with E-state index in [1.54, 1.807) is 20.3 Å². The number of carbonyl (C=O) groups is 1. The zero-order valence-electron chi connectivity index (χ0n) is 13.3. The lowest BCUT2D eigenvalue weighted by Crippen LogP contribution is -2.06. The summed E-state index contributed by atoms with van der Waals surface area (Å²) >= 11 is 6.26. The first-order chi connectivity index (χ1) is 11.0. The highest BCUT2D eigenvalue weighted by Gasteiger charge is 2.09. The lowest BCUT2D eigenvalue weighted by molar-refractivity contribution is -0.114. The molecule has 0 radical (unpaired) electrons. The van der Waals surface area contributed by atoms with Crippen LogP contribution in [0.15, 0.2) is 36.4 Å². The minimum Gasteiger partial charge on any atom is -0.493 e. The van der Waals surface area contributed by atoms with Crippen molar-refractivity contribution in [1.82, 2.24) is 0 Å². The summed E-state index contributed by atoms with van der Waals surface area (Å²) in [7, 11) is 3.16. The van der Waals surface area contributed by atoms with Crippen LogP contribution in [0.4, 0.5) is 11.4 Å². The molecule has 2 aromatic carbocycles. The third-order valence-corrected chi connectivity index (χ3v) is 3.59. The normalized spacial score (nSPS) is 10.1. The van der Waals surface area contributed by atoms with Crippen molar-refractivity contribution in [3.05, 3.63) is 47.0 Å². The van der Waals surface area contributed by atoms with E-state index in [4.69, 9.17) is 21.1 Å². The van der Waals surface area contributed by atoms with Crippen molar-refractivity contribution in [2.24, 2.45) is 0 Å². The third-order valence-electron chi connectivity index (χ3n) is 3.24. The van der Waals surface area contributed by atoms with Gasteiger partial charge >= 0.3 is 0 Å². The molecule has 1 amide bonds. The molecule has 0 atom stereocenters. The van der Waals surface area contributed by atoms with Gasteiger partial charge in [-0.2, -0.15) is 0 Å². The van der Waals surface area contributed by atoms with E-state index >= 15 is 0 Å². The number of anilines is 2. The summed E-state index contributed by atoms with van der Waals surface area (Å²) in [6.45, 7) is 2.02. The third kappa shape index (κ3) is 4.53. The Morgan fingerprint density at radius 1 is 1.04 bits per heavy atom. The molecule has 6 heteroatoms. The second kappa shape index (κ2) is 7.74. The van der Waals surface area contributed by atoms with E-state index in [0.29, 0.717) is 23.1 Å². The van der Waals surface area contributed by atoms with Crippen molar-refractivity contribution in [3.63, 3.8) is 0 Å². The Hall–Kier alpha value is -2.40. The van der Waals surface area contributed by atoms with Gasteiger partial charge in [-0.25, -0.2) is 0 Å². The van der Waals surface area contributed by atoms with Crippen LogP contribution < -0.4 is 20.1 Å². The summed E-state index contributed by atoms with van der Waals surface area (Å²) in [6.07, 6.45) is 0. The Kier molecular flexibility index (Phi) is 5.71. The van der Waals surface area contributed by atoms with Gasteiger partial charge in [-0.1, -0.05) is 11.6 Å². The van der Waals surface area contributed by atoms with Crippen LogP contribution in [-0.2, 0) is 11.3 Å². The minimum atomic E-state index is -0.0946. The number of ether oxygens (including phenoxy) is 2. The van der Waals surface area contributed by atoms with Crippen molar-refractivity contribution < 1.29 is 14.3 Å². The van der Waals surface area contributed by atoms with Gasteiger partial charge in [0.15, 0.2) is 11.5 Å². The number of rotatable bonds is 6. The van der Waals surface area contributed by atoms with Crippen molar-refractivity contribution in [2.45, 2.75) is 13.5 Å². The molecule has 0 aromatic heterocycles. The number of hydrogen-bond donors (Lipinski definition) is 2. The molecule has 2 rings (SSSR count). The van der Waals surface area contributed by atoms with Gasteiger partial charge in [-0.05, 0) is 35.9 Å². The zero-order valence-corrected chi connectivity index (χ0v) is 14.0. The Labute approximate surface area is 140 Å². The number of carbonyl (C=O) groups excluding carboxylic acids is 1. The molecule has 0 unspecified atom stereocenters. The predicted octanol–water partition coefficient (Wildman–Crippen LogP) is 3.93. The average Bonchev–Trinajstić information content (AvgIpc) is 2.54. The van der Waals surface area contributed by atoms with Crippen molar-refractivity contribution in [1.29, 1.82) is 0 Å². The fourth-order valence-corrected chi connectivity index (χ4v) is 2.32. The average molecular weight is 335 g/mol. The molecule has 2 aromatic rings. The van der Waals surface area contributed by atoms with Crippen molar-refractivity contribution in [3.8, 4) is 11.5 Å². The molecular formula is C17H19ClN2O3. The number of nitrogens with one attached hydrogen (secondary N) is 2. The number of benzene rings is 2. The molecule has 5 nitrogen and oxygen atoms in total. The van der Waals surface area contributed by atoms with E-state index in [9.17, 15) is 4.79 Å². The maximum Gasteiger partial charge on any atom is 0.221 e. The lowest BCUT2D eigenvalue weighted by atomic mass is 10.2. The van der Waals surface area contributed by atoms with Crippen LogP contribution in [-0.4, -0.2) is 20.1 Å². The van der Waals surface area contributed by atoms with Gasteiger partial charge < -0.3 is 20.1 Å². The topological polar surface area (TPSA) is 59.6 Å². The fraction of sp³-hybridized carbons (Fsp3) is 0.235. The highest BCUT2D eigenvalue weighted by molar-refractivity contribution is 6.31. The molecule has 122 valence electrons. The number of amides is 1. The first kappa shape index (κ1) is 17.0. The predicted molar refractivity (Wildman–Crippen MR) is 92.6 cm³/mol. The van der Waals surface area contributed by atoms with Crippen LogP contribution in [0.2, 0.25) is 5.02 Å². The van der Waals surface area contributed by atoms with Crippen LogP contribution in [0.1, 0.15) is 12.5 Å². The zero-order chi connectivity index (χ0) is 16.8. The molecule has 0 saturated heterocycles. The summed E-state index contributed by atoms with van der Waals surface area (Å²) in [5, 5.41) is 6.60. The molecule has 23 heavy (non-hydrogen) atoms. The number of hydrogen-bond acceptors (Lipinski definition) is 4. The highest BCUT2D eigenvalue weighted by Crippen LogP contribution is 2.33. The van der Waals surface area contributed by atoms with Gasteiger partial charge in [-0.3, -0.25) is 4.79 Å². The molecular weight excluding hydrogens is 316 g/mol. The van der Waals surface area contributed by atoms with E-state index in [1.165, 1.54) is 6.92 Å². The number of halogens is 1. The summed E-state index contributed by atoms with van der Waals surface area (Å²) in [6, 6.07) is 11.0. The monoisotopic (exact) mass is 334 g/mol. The summed E-state index contributed by atoms with van der Waals surface area (Å²) in [5.74, 6) is 1.14. The molecule has 0 heterocycles. The van der Waals surface area contributed by atoms with Crippen LogP contribution in [0.3, 0.4) is 0 Å². The maximum absolute atomic E-state index is 11.0. The Morgan fingerprint density at radius 3 is 2.17 bits per heavy atom. The molecule has 0 aliphatic carbocycles. The quantitative estimate of drug-likeness (QED) is 0.840. The van der Waals surface area contributed by atoms with Gasteiger partial charge in [0, 0.05) is 35.9 Å². The molecule has 0 aliphatic rings. The summed E-state index contributed by atoms with van der Waals surface area (Å²) < 4.78 is 10.5. The summed E-state index contributed by atoms with van der Waals surface area (Å²) in [4.78, 5) is 11.0. The Balaban J connectivity index is 2.07. The van der Waals surface area contributed by atoms with Crippen molar-refractivity contribution in [2.75, 3.05) is 24.9 Å².